The standard InChI is InChI=1S/C16H18N2O3S/c1-2-3-9-13-16(18(20)21)15(14(11-19)22-13)17-10-12-7-5-4-6-8-12/h4-8,15,17H,2-3,9-10H2,1H3. The minimum Gasteiger partial charge on any atom is -0.296 e. The number of carbonyl (C=O) groups excluding carboxylic acids is 1. The van der Waals surface area contributed by atoms with Crippen LogP contribution in [0, 0.1) is 10.1 Å². The van der Waals surface area contributed by atoms with Gasteiger partial charge in [-0.05, 0) is 18.4 Å². The number of nitro groups is 1. The molecule has 0 saturated carbocycles. The highest BCUT2D eigenvalue weighted by Crippen LogP contribution is 2.42. The van der Waals surface area contributed by atoms with Gasteiger partial charge in [0.15, 0.2) is 0 Å². The second-order valence-corrected chi connectivity index (χ2v) is 6.17. The maximum absolute atomic E-state index is 11.4. The summed E-state index contributed by atoms with van der Waals surface area (Å²) in [6.07, 6.45) is 2.46. The van der Waals surface area contributed by atoms with E-state index in [0.29, 0.717) is 22.8 Å². The number of thioether (sulfide) groups is 1. The van der Waals surface area contributed by atoms with E-state index < -0.39 is 6.04 Å². The molecule has 0 fully saturated rings. The fourth-order valence-corrected chi connectivity index (χ4v) is 3.50. The second-order valence-electron chi connectivity index (χ2n) is 5.04. The first-order valence-corrected chi connectivity index (χ1v) is 8.06. The Hall–Kier alpha value is -1.88. The molecule has 1 unspecified atom stereocenters. The molecule has 0 spiro atoms. The predicted octanol–water partition coefficient (Wildman–Crippen LogP) is 3.29. The van der Waals surface area contributed by atoms with Crippen LogP contribution in [0.5, 0.6) is 0 Å². The van der Waals surface area contributed by atoms with E-state index in [1.54, 1.807) is 0 Å². The van der Waals surface area contributed by atoms with E-state index in [0.717, 1.165) is 18.4 Å². The molecule has 5 nitrogen and oxygen atoms in total. The number of rotatable bonds is 7. The normalized spacial score (nSPS) is 17.7. The molecule has 0 saturated heterocycles. The molecule has 0 bridgehead atoms. The molecule has 1 aliphatic heterocycles. The SMILES string of the molecule is CCCCC1=C([N+](=O)[O-])C(NCc2ccccc2)C(=C=O)S1. The lowest BCUT2D eigenvalue weighted by atomic mass is 10.1. The van der Waals surface area contributed by atoms with Gasteiger partial charge < -0.3 is 0 Å². The summed E-state index contributed by atoms with van der Waals surface area (Å²) in [4.78, 5) is 23.2. The molecule has 116 valence electrons. The van der Waals surface area contributed by atoms with E-state index in [4.69, 9.17) is 0 Å². The fourth-order valence-electron chi connectivity index (χ4n) is 2.34. The van der Waals surface area contributed by atoms with Crippen LogP contribution < -0.4 is 5.32 Å². The maximum atomic E-state index is 11.4. The first-order chi connectivity index (χ1) is 10.7. The molecule has 1 atom stereocenters. The van der Waals surface area contributed by atoms with Gasteiger partial charge in [0.1, 0.15) is 16.9 Å². The smallest absolute Gasteiger partial charge is 0.278 e. The number of benzene rings is 1. The summed E-state index contributed by atoms with van der Waals surface area (Å²) >= 11 is 1.20. The van der Waals surface area contributed by atoms with Crippen molar-refractivity contribution < 1.29 is 9.72 Å². The third-order valence-corrected chi connectivity index (χ3v) is 4.66. The summed E-state index contributed by atoms with van der Waals surface area (Å²) in [6, 6.07) is 8.95. The van der Waals surface area contributed by atoms with E-state index in [1.807, 2.05) is 43.2 Å². The Morgan fingerprint density at radius 2 is 2.09 bits per heavy atom. The Bertz CT molecular complexity index is 622. The Balaban J connectivity index is 2.19. The van der Waals surface area contributed by atoms with Gasteiger partial charge in [-0.25, -0.2) is 4.79 Å². The van der Waals surface area contributed by atoms with Gasteiger partial charge in [-0.1, -0.05) is 55.4 Å². The van der Waals surface area contributed by atoms with Crippen molar-refractivity contribution in [1.82, 2.24) is 5.32 Å². The highest BCUT2D eigenvalue weighted by Gasteiger charge is 2.40. The molecule has 0 radical (unpaired) electrons. The molecule has 0 aliphatic carbocycles. The van der Waals surface area contributed by atoms with Gasteiger partial charge in [0, 0.05) is 6.54 Å². The van der Waals surface area contributed by atoms with Crippen LogP contribution in [0.2, 0.25) is 0 Å². The van der Waals surface area contributed by atoms with Gasteiger partial charge in [0.25, 0.3) is 5.70 Å². The average Bonchev–Trinajstić information content (AvgIpc) is 2.89. The lowest BCUT2D eigenvalue weighted by Gasteiger charge is -2.11. The lowest BCUT2D eigenvalue weighted by Crippen LogP contribution is -2.32. The Morgan fingerprint density at radius 3 is 2.68 bits per heavy atom. The van der Waals surface area contributed by atoms with E-state index in [2.05, 4.69) is 5.32 Å². The van der Waals surface area contributed by atoms with Crippen molar-refractivity contribution in [3.63, 3.8) is 0 Å². The second kappa shape index (κ2) is 7.94. The molecule has 6 heteroatoms. The van der Waals surface area contributed by atoms with Crippen molar-refractivity contribution in [3.8, 4) is 0 Å². The third kappa shape index (κ3) is 3.85. The molecule has 1 aromatic carbocycles. The van der Waals surface area contributed by atoms with Crippen molar-refractivity contribution in [1.29, 1.82) is 0 Å². The summed E-state index contributed by atoms with van der Waals surface area (Å²) in [6.45, 7) is 2.50. The zero-order chi connectivity index (χ0) is 15.9. The molecule has 0 aromatic heterocycles. The van der Waals surface area contributed by atoms with Crippen LogP contribution in [0.25, 0.3) is 0 Å². The zero-order valence-electron chi connectivity index (χ0n) is 12.4. The number of nitrogens with zero attached hydrogens (tertiary/aromatic N) is 1. The Kier molecular flexibility index (Phi) is 5.95. The average molecular weight is 318 g/mol. The quantitative estimate of drug-likeness (QED) is 0.474. The van der Waals surface area contributed by atoms with Gasteiger partial charge in [0.2, 0.25) is 0 Å². The molecule has 1 aromatic rings. The van der Waals surface area contributed by atoms with Crippen molar-refractivity contribution in [2.75, 3.05) is 0 Å². The van der Waals surface area contributed by atoms with Crippen molar-refractivity contribution in [2.45, 2.75) is 38.8 Å². The van der Waals surface area contributed by atoms with Crippen LogP contribution in [-0.4, -0.2) is 16.9 Å². The van der Waals surface area contributed by atoms with Crippen LogP contribution in [-0.2, 0) is 11.3 Å². The van der Waals surface area contributed by atoms with Gasteiger partial charge in [-0.2, -0.15) is 0 Å². The minimum absolute atomic E-state index is 0.104. The summed E-state index contributed by atoms with van der Waals surface area (Å²) in [5.41, 5.74) is 1.12. The number of nitrogens with one attached hydrogen (secondary N) is 1. The maximum Gasteiger partial charge on any atom is 0.278 e. The summed E-state index contributed by atoms with van der Waals surface area (Å²) in [7, 11) is 0. The van der Waals surface area contributed by atoms with E-state index in [-0.39, 0.29) is 10.6 Å². The number of hydrogen-bond acceptors (Lipinski definition) is 5. The van der Waals surface area contributed by atoms with E-state index in [9.17, 15) is 14.9 Å². The van der Waals surface area contributed by atoms with Gasteiger partial charge in [-0.3, -0.25) is 15.4 Å². The van der Waals surface area contributed by atoms with E-state index in [1.165, 1.54) is 11.8 Å². The summed E-state index contributed by atoms with van der Waals surface area (Å²) < 4.78 is 0. The monoisotopic (exact) mass is 318 g/mol. The van der Waals surface area contributed by atoms with Crippen LogP contribution in [0.4, 0.5) is 0 Å². The van der Waals surface area contributed by atoms with Crippen molar-refractivity contribution >= 4 is 17.7 Å². The van der Waals surface area contributed by atoms with Crippen molar-refractivity contribution in [2.24, 2.45) is 0 Å². The van der Waals surface area contributed by atoms with Gasteiger partial charge in [0.05, 0.1) is 9.83 Å². The molecular weight excluding hydrogens is 300 g/mol. The molecule has 22 heavy (non-hydrogen) atoms. The Labute approximate surface area is 133 Å². The van der Waals surface area contributed by atoms with Crippen LogP contribution >= 0.6 is 11.8 Å². The highest BCUT2D eigenvalue weighted by atomic mass is 32.2. The molecule has 0 amide bonds. The zero-order valence-corrected chi connectivity index (χ0v) is 13.2. The number of allylic oxidation sites excluding steroid dienone is 1. The molecule has 1 N–H and O–H groups in total. The third-order valence-electron chi connectivity index (χ3n) is 3.46. The lowest BCUT2D eigenvalue weighted by molar-refractivity contribution is -0.429. The molecule has 2 rings (SSSR count). The topological polar surface area (TPSA) is 72.2 Å². The predicted molar refractivity (Wildman–Crippen MR) is 87.4 cm³/mol. The first-order valence-electron chi connectivity index (χ1n) is 7.25. The summed E-state index contributed by atoms with van der Waals surface area (Å²) in [5.74, 6) is 1.86. The number of hydrogen-bond donors (Lipinski definition) is 1. The Morgan fingerprint density at radius 1 is 1.36 bits per heavy atom. The molecular formula is C16H18N2O3S. The van der Waals surface area contributed by atoms with Crippen LogP contribution in [0.15, 0.2) is 45.8 Å². The van der Waals surface area contributed by atoms with Gasteiger partial charge >= 0.3 is 0 Å². The molecule has 1 aliphatic rings. The highest BCUT2D eigenvalue weighted by molar-refractivity contribution is 8.07. The first kappa shape index (κ1) is 16.5. The fraction of sp³-hybridized carbons (Fsp3) is 0.375. The minimum atomic E-state index is -0.662. The largest absolute Gasteiger partial charge is 0.296 e. The van der Waals surface area contributed by atoms with Crippen LogP contribution in [0.1, 0.15) is 31.7 Å². The summed E-state index contributed by atoms with van der Waals surface area (Å²) in [5, 5.41) is 14.5. The number of unbranched alkanes of at least 4 members (excludes halogenated alkanes) is 1. The molecule has 1 heterocycles. The van der Waals surface area contributed by atoms with E-state index >= 15 is 0 Å². The van der Waals surface area contributed by atoms with Crippen LogP contribution in [0.3, 0.4) is 0 Å². The van der Waals surface area contributed by atoms with Gasteiger partial charge in [-0.15, -0.1) is 0 Å². The van der Waals surface area contributed by atoms with Crippen molar-refractivity contribution in [3.05, 3.63) is 61.5 Å².